The largest absolute Gasteiger partial charge is 0.367 e. The van der Waals surface area contributed by atoms with Gasteiger partial charge in [-0.1, -0.05) is 30.3 Å². The van der Waals surface area contributed by atoms with Crippen molar-refractivity contribution in [2.75, 3.05) is 31.1 Å². The van der Waals surface area contributed by atoms with Gasteiger partial charge in [-0.15, -0.1) is 0 Å². The minimum absolute atomic E-state index is 0.486. The Morgan fingerprint density at radius 2 is 1.81 bits per heavy atom. The van der Waals surface area contributed by atoms with E-state index in [1.807, 2.05) is 23.0 Å². The minimum atomic E-state index is 0.486. The van der Waals surface area contributed by atoms with E-state index in [-0.39, 0.29) is 0 Å². The summed E-state index contributed by atoms with van der Waals surface area (Å²) in [6, 6.07) is 12.8. The van der Waals surface area contributed by atoms with E-state index < -0.39 is 0 Å². The molecule has 140 valence electrons. The molecule has 0 radical (unpaired) electrons. The summed E-state index contributed by atoms with van der Waals surface area (Å²) in [6.07, 6.45) is 8.93. The summed E-state index contributed by atoms with van der Waals surface area (Å²) in [4.78, 5) is 9.78. The number of hydrogen-bond donors (Lipinski definition) is 0. The zero-order valence-corrected chi connectivity index (χ0v) is 15.8. The molecule has 5 rings (SSSR count). The molecule has 2 aromatic heterocycles. The first-order chi connectivity index (χ1) is 13.4. The first-order valence-electron chi connectivity index (χ1n) is 10.2. The standard InChI is InChI=1S/C22H27N5/c1-2-8-18(9-3-1)16-25-12-6-10-19(17-25)20-21(26-13-4-5-14-26)22-23-11-7-15-27(22)24-20/h1-3,7-9,11,15,19H,4-6,10,12-14,16-17H2. The van der Waals surface area contributed by atoms with Crippen LogP contribution in [-0.4, -0.2) is 45.7 Å². The Balaban J connectivity index is 1.44. The Kier molecular flexibility index (Phi) is 4.54. The Bertz CT molecular complexity index is 897. The van der Waals surface area contributed by atoms with Crippen molar-refractivity contribution in [3.05, 3.63) is 60.0 Å². The molecule has 0 amide bonds. The van der Waals surface area contributed by atoms with E-state index in [4.69, 9.17) is 5.10 Å². The zero-order chi connectivity index (χ0) is 18.1. The average molecular weight is 361 g/mol. The molecule has 5 nitrogen and oxygen atoms in total. The predicted octanol–water partition coefficient (Wildman–Crippen LogP) is 3.71. The van der Waals surface area contributed by atoms with Gasteiger partial charge in [-0.25, -0.2) is 9.50 Å². The molecule has 2 fully saturated rings. The third-order valence-electron chi connectivity index (χ3n) is 5.96. The van der Waals surface area contributed by atoms with Crippen LogP contribution < -0.4 is 4.90 Å². The maximum Gasteiger partial charge on any atom is 0.178 e. The second-order valence-electron chi connectivity index (χ2n) is 7.88. The van der Waals surface area contributed by atoms with Gasteiger partial charge in [0.05, 0.1) is 5.69 Å². The molecule has 1 aromatic carbocycles. The lowest BCUT2D eigenvalue weighted by Gasteiger charge is -2.33. The van der Waals surface area contributed by atoms with E-state index >= 15 is 0 Å². The Hall–Kier alpha value is -2.40. The summed E-state index contributed by atoms with van der Waals surface area (Å²) in [5.41, 5.74) is 4.97. The first kappa shape index (κ1) is 16.8. The molecular formula is C22H27N5. The van der Waals surface area contributed by atoms with Gasteiger partial charge in [0.15, 0.2) is 5.65 Å². The monoisotopic (exact) mass is 361 g/mol. The summed E-state index contributed by atoms with van der Waals surface area (Å²) in [5.74, 6) is 0.486. The maximum absolute atomic E-state index is 5.01. The molecule has 1 unspecified atom stereocenters. The van der Waals surface area contributed by atoms with Gasteiger partial charge in [0.2, 0.25) is 0 Å². The van der Waals surface area contributed by atoms with Gasteiger partial charge in [-0.3, -0.25) is 4.90 Å². The van der Waals surface area contributed by atoms with E-state index in [1.165, 1.54) is 49.2 Å². The van der Waals surface area contributed by atoms with Crippen LogP contribution in [0.4, 0.5) is 5.69 Å². The van der Waals surface area contributed by atoms with Crippen LogP contribution in [0.25, 0.3) is 5.65 Å². The van der Waals surface area contributed by atoms with Crippen molar-refractivity contribution in [2.24, 2.45) is 0 Å². The van der Waals surface area contributed by atoms with E-state index in [9.17, 15) is 0 Å². The highest BCUT2D eigenvalue weighted by molar-refractivity contribution is 5.73. The number of benzene rings is 1. The first-order valence-corrected chi connectivity index (χ1v) is 10.2. The summed E-state index contributed by atoms with van der Waals surface area (Å²) in [7, 11) is 0. The van der Waals surface area contributed by atoms with Gasteiger partial charge in [0.1, 0.15) is 5.69 Å². The van der Waals surface area contributed by atoms with E-state index in [1.54, 1.807) is 0 Å². The number of hydrogen-bond acceptors (Lipinski definition) is 4. The molecule has 3 aromatic rings. The molecule has 1 atom stereocenters. The van der Waals surface area contributed by atoms with Gasteiger partial charge in [0.25, 0.3) is 0 Å². The van der Waals surface area contributed by atoms with Crippen molar-refractivity contribution in [3.63, 3.8) is 0 Å². The highest BCUT2D eigenvalue weighted by Gasteiger charge is 2.30. The highest BCUT2D eigenvalue weighted by Crippen LogP contribution is 2.37. The van der Waals surface area contributed by atoms with E-state index in [2.05, 4.69) is 45.1 Å². The average Bonchev–Trinajstić information content (AvgIpc) is 3.36. The van der Waals surface area contributed by atoms with Gasteiger partial charge in [-0.05, 0) is 43.9 Å². The van der Waals surface area contributed by atoms with Crippen molar-refractivity contribution >= 4 is 11.3 Å². The Morgan fingerprint density at radius 1 is 0.963 bits per heavy atom. The summed E-state index contributed by atoms with van der Waals surface area (Å²) >= 11 is 0. The molecule has 0 aliphatic carbocycles. The fraction of sp³-hybridized carbons (Fsp3) is 0.455. The van der Waals surface area contributed by atoms with Crippen LogP contribution in [0.15, 0.2) is 48.8 Å². The van der Waals surface area contributed by atoms with Crippen LogP contribution in [0, 0.1) is 0 Å². The lowest BCUT2D eigenvalue weighted by molar-refractivity contribution is 0.198. The molecule has 2 aliphatic heterocycles. The van der Waals surface area contributed by atoms with Gasteiger partial charge < -0.3 is 4.90 Å². The number of likely N-dealkylation sites (tertiary alicyclic amines) is 1. The number of piperidine rings is 1. The molecule has 2 saturated heterocycles. The molecule has 0 spiro atoms. The van der Waals surface area contributed by atoms with Crippen molar-refractivity contribution in [3.8, 4) is 0 Å². The molecule has 0 bridgehead atoms. The summed E-state index contributed by atoms with van der Waals surface area (Å²) in [6.45, 7) is 5.55. The number of rotatable bonds is 4. The third kappa shape index (κ3) is 3.32. The summed E-state index contributed by atoms with van der Waals surface area (Å²) < 4.78 is 1.99. The molecule has 2 aliphatic rings. The second kappa shape index (κ2) is 7.31. The van der Waals surface area contributed by atoms with E-state index in [0.29, 0.717) is 5.92 Å². The van der Waals surface area contributed by atoms with Crippen LogP contribution in [0.3, 0.4) is 0 Å². The van der Waals surface area contributed by atoms with Gasteiger partial charge in [0, 0.05) is 44.5 Å². The number of fused-ring (bicyclic) bond motifs is 1. The Labute approximate surface area is 160 Å². The van der Waals surface area contributed by atoms with Crippen molar-refractivity contribution in [1.29, 1.82) is 0 Å². The number of nitrogens with zero attached hydrogens (tertiary/aromatic N) is 5. The van der Waals surface area contributed by atoms with Crippen molar-refractivity contribution in [1.82, 2.24) is 19.5 Å². The second-order valence-corrected chi connectivity index (χ2v) is 7.88. The number of anilines is 1. The molecular weight excluding hydrogens is 334 g/mol. The van der Waals surface area contributed by atoms with Gasteiger partial charge >= 0.3 is 0 Å². The molecule has 0 saturated carbocycles. The molecule has 0 N–H and O–H groups in total. The van der Waals surface area contributed by atoms with Crippen molar-refractivity contribution < 1.29 is 0 Å². The topological polar surface area (TPSA) is 36.7 Å². The lowest BCUT2D eigenvalue weighted by Crippen LogP contribution is -2.34. The Morgan fingerprint density at radius 3 is 2.67 bits per heavy atom. The van der Waals surface area contributed by atoms with Crippen molar-refractivity contribution in [2.45, 2.75) is 38.1 Å². The minimum Gasteiger partial charge on any atom is -0.367 e. The van der Waals surface area contributed by atoms with E-state index in [0.717, 1.165) is 31.8 Å². The van der Waals surface area contributed by atoms with Gasteiger partial charge in [-0.2, -0.15) is 5.10 Å². The lowest BCUT2D eigenvalue weighted by atomic mass is 9.93. The van der Waals surface area contributed by atoms with Crippen LogP contribution in [0.2, 0.25) is 0 Å². The fourth-order valence-electron chi connectivity index (χ4n) is 4.67. The van der Waals surface area contributed by atoms with Crippen LogP contribution in [0.5, 0.6) is 0 Å². The van der Waals surface area contributed by atoms with Crippen LogP contribution in [0.1, 0.15) is 42.9 Å². The normalized spacial score (nSPS) is 21.2. The molecule has 27 heavy (non-hydrogen) atoms. The highest BCUT2D eigenvalue weighted by atomic mass is 15.3. The maximum atomic E-state index is 5.01. The summed E-state index contributed by atoms with van der Waals surface area (Å²) in [5, 5.41) is 5.01. The quantitative estimate of drug-likeness (QED) is 0.710. The fourth-order valence-corrected chi connectivity index (χ4v) is 4.67. The predicted molar refractivity (Wildman–Crippen MR) is 108 cm³/mol. The van der Waals surface area contributed by atoms with Crippen LogP contribution >= 0.6 is 0 Å². The smallest absolute Gasteiger partial charge is 0.178 e. The number of aromatic nitrogens is 3. The van der Waals surface area contributed by atoms with Crippen LogP contribution in [-0.2, 0) is 6.54 Å². The third-order valence-corrected chi connectivity index (χ3v) is 5.96. The molecule has 4 heterocycles. The zero-order valence-electron chi connectivity index (χ0n) is 15.8. The SMILES string of the molecule is c1ccc(CN2CCCC(c3nn4cccnc4c3N3CCCC3)C2)cc1. The molecule has 5 heteroatoms.